The first-order valence-corrected chi connectivity index (χ1v) is 6.94. The van der Waals surface area contributed by atoms with E-state index in [-0.39, 0.29) is 0 Å². The predicted octanol–water partition coefficient (Wildman–Crippen LogP) is 3.61. The average Bonchev–Trinajstić information content (AvgIpc) is 2.56. The van der Waals surface area contributed by atoms with Crippen molar-refractivity contribution >= 4 is 34.5 Å². The summed E-state index contributed by atoms with van der Waals surface area (Å²) < 4.78 is 6.55. The molecule has 2 nitrogen and oxygen atoms in total. The topological polar surface area (TPSA) is 21.3 Å². The molecule has 0 aromatic carbocycles. The van der Waals surface area contributed by atoms with Crippen LogP contribution >= 0.6 is 34.5 Å². The van der Waals surface area contributed by atoms with Gasteiger partial charge in [0.05, 0.1) is 15.3 Å². The van der Waals surface area contributed by atoms with Gasteiger partial charge in [0.25, 0.3) is 0 Å². The van der Waals surface area contributed by atoms with Gasteiger partial charge in [-0.15, -0.1) is 11.3 Å². The predicted molar refractivity (Wildman–Crippen MR) is 72.0 cm³/mol. The molecule has 5 heteroatoms. The van der Waals surface area contributed by atoms with Crippen molar-refractivity contribution in [2.24, 2.45) is 0 Å². The van der Waals surface area contributed by atoms with E-state index in [1.165, 1.54) is 16.9 Å². The van der Waals surface area contributed by atoms with Crippen LogP contribution < -0.4 is 5.32 Å². The zero-order valence-corrected chi connectivity index (χ0v) is 11.7. The Kier molecular flexibility index (Phi) is 7.41. The number of halogens is 2. The molecule has 0 bridgehead atoms. The third-order valence-corrected chi connectivity index (χ3v) is 3.83. The third-order valence-electron chi connectivity index (χ3n) is 2.26. The standard InChI is InChI=1S/C11H17Cl2NOS/c1-15-7-6-14-5-3-2-4-9-8-10(12)16-11(9)13/h8,14H,2-7H2,1H3. The van der Waals surface area contributed by atoms with Gasteiger partial charge >= 0.3 is 0 Å². The highest BCUT2D eigenvalue weighted by Crippen LogP contribution is 2.31. The fourth-order valence-electron chi connectivity index (χ4n) is 1.41. The number of thiophene rings is 1. The lowest BCUT2D eigenvalue weighted by Gasteiger charge is -2.03. The molecule has 0 unspecified atom stereocenters. The molecular formula is C11H17Cl2NOS. The minimum Gasteiger partial charge on any atom is -0.383 e. The van der Waals surface area contributed by atoms with Crippen molar-refractivity contribution in [2.45, 2.75) is 19.3 Å². The van der Waals surface area contributed by atoms with Crippen LogP contribution in [0.25, 0.3) is 0 Å². The van der Waals surface area contributed by atoms with Gasteiger partial charge in [-0.25, -0.2) is 0 Å². The molecule has 1 aromatic heterocycles. The Morgan fingerprint density at radius 1 is 1.31 bits per heavy atom. The number of aryl methyl sites for hydroxylation is 1. The van der Waals surface area contributed by atoms with Crippen molar-refractivity contribution in [1.29, 1.82) is 0 Å². The smallest absolute Gasteiger partial charge is 0.0976 e. The molecule has 0 aliphatic rings. The van der Waals surface area contributed by atoms with Crippen LogP contribution in [0.5, 0.6) is 0 Å². The summed E-state index contributed by atoms with van der Waals surface area (Å²) in [7, 11) is 1.71. The van der Waals surface area contributed by atoms with Gasteiger partial charge in [0.15, 0.2) is 0 Å². The van der Waals surface area contributed by atoms with Crippen LogP contribution in [0.2, 0.25) is 8.67 Å². The summed E-state index contributed by atoms with van der Waals surface area (Å²) in [4.78, 5) is 0. The van der Waals surface area contributed by atoms with Crippen LogP contribution in [0.3, 0.4) is 0 Å². The van der Waals surface area contributed by atoms with E-state index < -0.39 is 0 Å². The van der Waals surface area contributed by atoms with E-state index in [4.69, 9.17) is 27.9 Å². The van der Waals surface area contributed by atoms with E-state index in [1.54, 1.807) is 7.11 Å². The Bertz CT molecular complexity index is 304. The molecule has 0 aliphatic heterocycles. The summed E-state index contributed by atoms with van der Waals surface area (Å²) in [6, 6.07) is 1.97. The maximum Gasteiger partial charge on any atom is 0.0976 e. The summed E-state index contributed by atoms with van der Waals surface area (Å²) in [5.41, 5.74) is 1.17. The van der Waals surface area contributed by atoms with Crippen LogP contribution in [0.4, 0.5) is 0 Å². The molecule has 1 N–H and O–H groups in total. The fraction of sp³-hybridized carbons (Fsp3) is 0.636. The molecule has 0 saturated heterocycles. The van der Waals surface area contributed by atoms with Crippen LogP contribution in [0.1, 0.15) is 18.4 Å². The van der Waals surface area contributed by atoms with Crippen molar-refractivity contribution in [3.8, 4) is 0 Å². The van der Waals surface area contributed by atoms with Gasteiger partial charge in [0, 0.05) is 13.7 Å². The zero-order valence-electron chi connectivity index (χ0n) is 9.39. The van der Waals surface area contributed by atoms with E-state index in [0.29, 0.717) is 0 Å². The number of rotatable bonds is 8. The fourth-order valence-corrected chi connectivity index (χ4v) is 2.95. The monoisotopic (exact) mass is 281 g/mol. The van der Waals surface area contributed by atoms with Gasteiger partial charge in [-0.2, -0.15) is 0 Å². The maximum absolute atomic E-state index is 6.03. The van der Waals surface area contributed by atoms with E-state index >= 15 is 0 Å². The second-order valence-corrected chi connectivity index (χ2v) is 5.83. The maximum atomic E-state index is 6.03. The second kappa shape index (κ2) is 8.31. The molecule has 16 heavy (non-hydrogen) atoms. The van der Waals surface area contributed by atoms with Crippen molar-refractivity contribution in [3.63, 3.8) is 0 Å². The van der Waals surface area contributed by atoms with Crippen LogP contribution in [-0.4, -0.2) is 26.8 Å². The molecule has 1 aromatic rings. The van der Waals surface area contributed by atoms with Gasteiger partial charge in [-0.1, -0.05) is 23.2 Å². The molecule has 0 fully saturated rings. The molecule has 0 atom stereocenters. The summed E-state index contributed by atoms with van der Waals surface area (Å²) in [5.74, 6) is 0. The zero-order chi connectivity index (χ0) is 11.8. The SMILES string of the molecule is COCCNCCCCc1cc(Cl)sc1Cl. The van der Waals surface area contributed by atoms with Crippen LogP contribution in [0.15, 0.2) is 6.07 Å². The third kappa shape index (κ3) is 5.51. The second-order valence-electron chi connectivity index (χ2n) is 3.55. The van der Waals surface area contributed by atoms with Gasteiger partial charge in [-0.3, -0.25) is 0 Å². The number of unbranched alkanes of at least 4 members (excludes halogenated alkanes) is 1. The molecule has 0 radical (unpaired) electrons. The van der Waals surface area contributed by atoms with E-state index in [1.807, 2.05) is 6.07 Å². The van der Waals surface area contributed by atoms with Crippen molar-refractivity contribution in [2.75, 3.05) is 26.8 Å². The molecule has 0 amide bonds. The Morgan fingerprint density at radius 3 is 2.75 bits per heavy atom. The molecule has 1 rings (SSSR count). The van der Waals surface area contributed by atoms with E-state index in [0.717, 1.165) is 47.6 Å². The number of methoxy groups -OCH3 is 1. The summed E-state index contributed by atoms with van der Waals surface area (Å²) in [5, 5.41) is 3.31. The van der Waals surface area contributed by atoms with Gasteiger partial charge in [-0.05, 0) is 37.4 Å². The summed E-state index contributed by atoms with van der Waals surface area (Å²) >= 11 is 13.3. The Hall–Kier alpha value is 0.200. The van der Waals surface area contributed by atoms with Gasteiger partial charge < -0.3 is 10.1 Å². The number of nitrogens with one attached hydrogen (secondary N) is 1. The summed E-state index contributed by atoms with van der Waals surface area (Å²) in [6.45, 7) is 2.71. The lowest BCUT2D eigenvalue weighted by molar-refractivity contribution is 0.199. The van der Waals surface area contributed by atoms with Crippen LogP contribution in [0, 0.1) is 0 Å². The summed E-state index contributed by atoms with van der Waals surface area (Å²) in [6.07, 6.45) is 3.29. The quantitative estimate of drug-likeness (QED) is 0.735. The van der Waals surface area contributed by atoms with Crippen molar-refractivity contribution < 1.29 is 4.74 Å². The first-order valence-electron chi connectivity index (χ1n) is 5.37. The van der Waals surface area contributed by atoms with Gasteiger partial charge in [0.2, 0.25) is 0 Å². The highest BCUT2D eigenvalue weighted by molar-refractivity contribution is 7.20. The lowest BCUT2D eigenvalue weighted by Crippen LogP contribution is -2.20. The Morgan fingerprint density at radius 2 is 2.12 bits per heavy atom. The normalized spacial score (nSPS) is 10.9. The molecular weight excluding hydrogens is 265 g/mol. The minimum atomic E-state index is 0.770. The molecule has 0 saturated carbocycles. The molecule has 0 spiro atoms. The van der Waals surface area contributed by atoms with Crippen molar-refractivity contribution in [3.05, 3.63) is 20.3 Å². The molecule has 0 aliphatic carbocycles. The Balaban J connectivity index is 2.05. The first kappa shape index (κ1) is 14.3. The number of hydrogen-bond acceptors (Lipinski definition) is 3. The van der Waals surface area contributed by atoms with Gasteiger partial charge in [0.1, 0.15) is 0 Å². The Labute approximate surface area is 111 Å². The molecule has 1 heterocycles. The highest BCUT2D eigenvalue weighted by Gasteiger charge is 2.04. The van der Waals surface area contributed by atoms with Crippen LogP contribution in [-0.2, 0) is 11.2 Å². The average molecular weight is 282 g/mol. The van der Waals surface area contributed by atoms with E-state index in [2.05, 4.69) is 5.32 Å². The first-order chi connectivity index (χ1) is 7.74. The highest BCUT2D eigenvalue weighted by atomic mass is 35.5. The molecule has 92 valence electrons. The minimum absolute atomic E-state index is 0.770. The largest absolute Gasteiger partial charge is 0.383 e. The number of hydrogen-bond donors (Lipinski definition) is 1. The van der Waals surface area contributed by atoms with Crippen molar-refractivity contribution in [1.82, 2.24) is 5.32 Å². The number of ether oxygens (including phenoxy) is 1. The lowest BCUT2D eigenvalue weighted by atomic mass is 10.1. The van der Waals surface area contributed by atoms with E-state index in [9.17, 15) is 0 Å².